The van der Waals surface area contributed by atoms with Crippen LogP contribution < -0.4 is 10.1 Å². The van der Waals surface area contributed by atoms with Gasteiger partial charge in [0.1, 0.15) is 5.75 Å². The largest absolute Gasteiger partial charge is 0.493 e. The minimum atomic E-state index is -0.854. The number of carboxylic acids is 1. The maximum absolute atomic E-state index is 11.4. The molecule has 6 heteroatoms. The Labute approximate surface area is 120 Å². The highest BCUT2D eigenvalue weighted by molar-refractivity contribution is 9.10. The van der Waals surface area contributed by atoms with Gasteiger partial charge >= 0.3 is 5.97 Å². The molecule has 0 unspecified atom stereocenters. The van der Waals surface area contributed by atoms with Crippen molar-refractivity contribution in [3.05, 3.63) is 28.7 Å². The molecule has 5 nitrogen and oxygen atoms in total. The van der Waals surface area contributed by atoms with Crippen LogP contribution in [0, 0.1) is 0 Å². The molecule has 0 spiro atoms. The van der Waals surface area contributed by atoms with Gasteiger partial charge in [0.2, 0.25) is 5.91 Å². The predicted molar refractivity (Wildman–Crippen MR) is 74.1 cm³/mol. The van der Waals surface area contributed by atoms with Crippen LogP contribution in [0.5, 0.6) is 5.75 Å². The van der Waals surface area contributed by atoms with E-state index in [1.807, 2.05) is 24.3 Å². The van der Waals surface area contributed by atoms with Gasteiger partial charge in [0.25, 0.3) is 0 Å². The second-order valence-corrected chi connectivity index (χ2v) is 4.82. The second-order valence-electron chi connectivity index (χ2n) is 3.90. The van der Waals surface area contributed by atoms with Crippen molar-refractivity contribution in [1.29, 1.82) is 0 Å². The first kappa shape index (κ1) is 15.5. The van der Waals surface area contributed by atoms with Gasteiger partial charge in [-0.05, 0) is 24.6 Å². The molecular formula is C13H16BrNO4. The summed E-state index contributed by atoms with van der Waals surface area (Å²) in [6.45, 7) is 0.670. The molecule has 0 radical (unpaired) electrons. The number of ether oxygens (including phenoxy) is 1. The number of nitrogens with one attached hydrogen (secondary N) is 1. The third-order valence-corrected chi connectivity index (χ3v) is 2.78. The van der Waals surface area contributed by atoms with Crippen LogP contribution in [0.25, 0.3) is 0 Å². The van der Waals surface area contributed by atoms with E-state index >= 15 is 0 Å². The Morgan fingerprint density at radius 2 is 2.11 bits per heavy atom. The average molecular weight is 330 g/mol. The molecule has 104 valence electrons. The molecule has 0 heterocycles. The van der Waals surface area contributed by atoms with E-state index in [1.165, 1.54) is 0 Å². The predicted octanol–water partition coefficient (Wildman–Crippen LogP) is 2.20. The number of aliphatic carboxylic acids is 1. The summed E-state index contributed by atoms with van der Waals surface area (Å²) in [6.07, 6.45) is 0.752. The number of carboxylic acid groups (broad SMARTS) is 1. The van der Waals surface area contributed by atoms with Crippen LogP contribution in [-0.2, 0) is 9.59 Å². The summed E-state index contributed by atoms with van der Waals surface area (Å²) in [5, 5.41) is 11.1. The topological polar surface area (TPSA) is 75.6 Å². The summed E-state index contributed by atoms with van der Waals surface area (Å²) in [7, 11) is 0. The van der Waals surface area contributed by atoms with E-state index in [-0.39, 0.29) is 18.7 Å². The lowest BCUT2D eigenvalue weighted by Crippen LogP contribution is -2.26. The molecule has 1 amide bonds. The van der Waals surface area contributed by atoms with Crippen molar-refractivity contribution < 1.29 is 19.4 Å². The summed E-state index contributed by atoms with van der Waals surface area (Å²) in [5.74, 6) is -0.291. The van der Waals surface area contributed by atoms with Crippen LogP contribution in [-0.4, -0.2) is 30.1 Å². The third kappa shape index (κ3) is 7.46. The molecule has 1 aromatic rings. The van der Waals surface area contributed by atoms with Crippen LogP contribution in [0.1, 0.15) is 19.3 Å². The SMILES string of the molecule is O=C(O)CCCNC(=O)CCOc1cccc(Br)c1. The van der Waals surface area contributed by atoms with Gasteiger partial charge in [-0.25, -0.2) is 0 Å². The molecular weight excluding hydrogens is 314 g/mol. The summed E-state index contributed by atoms with van der Waals surface area (Å²) >= 11 is 3.33. The van der Waals surface area contributed by atoms with Gasteiger partial charge < -0.3 is 15.2 Å². The summed E-state index contributed by atoms with van der Waals surface area (Å²) in [4.78, 5) is 21.7. The lowest BCUT2D eigenvalue weighted by atomic mass is 10.3. The van der Waals surface area contributed by atoms with Gasteiger partial charge in [0.15, 0.2) is 0 Å². The quantitative estimate of drug-likeness (QED) is 0.717. The number of halogens is 1. The number of benzene rings is 1. The number of carbonyl (C=O) groups excluding carboxylic acids is 1. The summed E-state index contributed by atoms with van der Waals surface area (Å²) < 4.78 is 6.34. The molecule has 0 aliphatic rings. The zero-order valence-electron chi connectivity index (χ0n) is 10.4. The average Bonchev–Trinajstić information content (AvgIpc) is 2.34. The van der Waals surface area contributed by atoms with Gasteiger partial charge in [0.05, 0.1) is 13.0 Å². The second kappa shape index (κ2) is 8.53. The molecule has 19 heavy (non-hydrogen) atoms. The fraction of sp³-hybridized carbons (Fsp3) is 0.385. The molecule has 1 rings (SSSR count). The van der Waals surface area contributed by atoms with Crippen molar-refractivity contribution in [2.45, 2.75) is 19.3 Å². The lowest BCUT2D eigenvalue weighted by Gasteiger charge is -2.07. The first-order valence-corrected chi connectivity index (χ1v) is 6.74. The van der Waals surface area contributed by atoms with Crippen LogP contribution >= 0.6 is 15.9 Å². The fourth-order valence-electron chi connectivity index (χ4n) is 1.37. The molecule has 0 saturated heterocycles. The fourth-order valence-corrected chi connectivity index (χ4v) is 1.75. The molecule has 0 aliphatic heterocycles. The number of hydrogen-bond donors (Lipinski definition) is 2. The Morgan fingerprint density at radius 1 is 1.32 bits per heavy atom. The maximum atomic E-state index is 11.4. The standard InChI is InChI=1S/C13H16BrNO4/c14-10-3-1-4-11(9-10)19-8-6-12(16)15-7-2-5-13(17)18/h1,3-4,9H,2,5-8H2,(H,15,16)(H,17,18). The van der Waals surface area contributed by atoms with Crippen LogP contribution in [0.3, 0.4) is 0 Å². The molecule has 2 N–H and O–H groups in total. The maximum Gasteiger partial charge on any atom is 0.303 e. The van der Waals surface area contributed by atoms with Crippen molar-refractivity contribution >= 4 is 27.8 Å². The van der Waals surface area contributed by atoms with E-state index < -0.39 is 5.97 Å². The molecule has 0 saturated carbocycles. The van der Waals surface area contributed by atoms with Gasteiger partial charge in [-0.15, -0.1) is 0 Å². The van der Waals surface area contributed by atoms with Crippen molar-refractivity contribution in [3.8, 4) is 5.75 Å². The van der Waals surface area contributed by atoms with Gasteiger partial charge in [0, 0.05) is 17.4 Å². The Bertz CT molecular complexity index is 436. The van der Waals surface area contributed by atoms with Crippen LogP contribution in [0.2, 0.25) is 0 Å². The minimum Gasteiger partial charge on any atom is -0.493 e. The zero-order valence-corrected chi connectivity index (χ0v) is 12.0. The Morgan fingerprint density at radius 3 is 2.79 bits per heavy atom. The van der Waals surface area contributed by atoms with Crippen molar-refractivity contribution in [1.82, 2.24) is 5.32 Å². The molecule has 0 aliphatic carbocycles. The first-order valence-electron chi connectivity index (χ1n) is 5.95. The number of amides is 1. The van der Waals surface area contributed by atoms with E-state index in [1.54, 1.807) is 0 Å². The summed E-state index contributed by atoms with van der Waals surface area (Å²) in [6, 6.07) is 7.38. The van der Waals surface area contributed by atoms with Gasteiger partial charge in [-0.1, -0.05) is 22.0 Å². The van der Waals surface area contributed by atoms with Crippen LogP contribution in [0.4, 0.5) is 0 Å². The highest BCUT2D eigenvalue weighted by Gasteiger charge is 2.03. The van der Waals surface area contributed by atoms with E-state index in [9.17, 15) is 9.59 Å². The number of carbonyl (C=O) groups is 2. The van der Waals surface area contributed by atoms with Gasteiger partial charge in [-0.2, -0.15) is 0 Å². The van der Waals surface area contributed by atoms with Crippen molar-refractivity contribution in [2.24, 2.45) is 0 Å². The Kier molecular flexibility index (Phi) is 6.95. The van der Waals surface area contributed by atoms with Crippen molar-refractivity contribution in [3.63, 3.8) is 0 Å². The van der Waals surface area contributed by atoms with E-state index in [0.717, 1.165) is 4.47 Å². The summed E-state index contributed by atoms with van der Waals surface area (Å²) in [5.41, 5.74) is 0. The molecule has 1 aromatic carbocycles. The Hall–Kier alpha value is -1.56. The first-order chi connectivity index (χ1) is 9.08. The molecule has 0 fully saturated rings. The van der Waals surface area contributed by atoms with E-state index in [0.29, 0.717) is 25.3 Å². The smallest absolute Gasteiger partial charge is 0.303 e. The minimum absolute atomic E-state index is 0.0643. The highest BCUT2D eigenvalue weighted by atomic mass is 79.9. The zero-order chi connectivity index (χ0) is 14.1. The number of hydrogen-bond acceptors (Lipinski definition) is 3. The van der Waals surface area contributed by atoms with E-state index in [4.69, 9.17) is 9.84 Å². The van der Waals surface area contributed by atoms with Crippen molar-refractivity contribution in [2.75, 3.05) is 13.2 Å². The molecule has 0 aromatic heterocycles. The third-order valence-electron chi connectivity index (χ3n) is 2.28. The monoisotopic (exact) mass is 329 g/mol. The van der Waals surface area contributed by atoms with E-state index in [2.05, 4.69) is 21.2 Å². The lowest BCUT2D eigenvalue weighted by molar-refractivity contribution is -0.137. The van der Waals surface area contributed by atoms with Gasteiger partial charge in [-0.3, -0.25) is 9.59 Å². The molecule has 0 atom stereocenters. The highest BCUT2D eigenvalue weighted by Crippen LogP contribution is 2.17. The number of rotatable bonds is 8. The normalized spacial score (nSPS) is 9.95. The van der Waals surface area contributed by atoms with Crippen LogP contribution in [0.15, 0.2) is 28.7 Å². The molecule has 0 bridgehead atoms. The Balaban J connectivity index is 2.12.